The predicted molar refractivity (Wildman–Crippen MR) is 154 cm³/mol. The van der Waals surface area contributed by atoms with Crippen LogP contribution < -0.4 is 5.32 Å². The lowest BCUT2D eigenvalue weighted by molar-refractivity contribution is -0.109. The van der Waals surface area contributed by atoms with E-state index in [1.807, 2.05) is 67.4 Å². The van der Waals surface area contributed by atoms with E-state index in [1.165, 1.54) is 0 Å². The zero-order valence-corrected chi connectivity index (χ0v) is 25.4. The van der Waals surface area contributed by atoms with E-state index >= 15 is 0 Å². The van der Waals surface area contributed by atoms with Gasteiger partial charge in [-0.25, -0.2) is 18.4 Å². The topological polar surface area (TPSA) is 116 Å². The molecule has 0 aliphatic carbocycles. The summed E-state index contributed by atoms with van der Waals surface area (Å²) in [5, 5.41) is 1.25. The van der Waals surface area contributed by atoms with Gasteiger partial charge in [-0.1, -0.05) is 31.9 Å². The molecule has 4 rings (SSSR count). The summed E-state index contributed by atoms with van der Waals surface area (Å²) < 4.78 is 29.4. The molecule has 0 saturated carbocycles. The fourth-order valence-electron chi connectivity index (χ4n) is 4.02. The van der Waals surface area contributed by atoms with Gasteiger partial charge in [0.25, 0.3) is 0 Å². The molecule has 200 valence electrons. The van der Waals surface area contributed by atoms with Gasteiger partial charge in [0.2, 0.25) is 6.41 Å². The molecule has 0 spiro atoms. The van der Waals surface area contributed by atoms with Crippen molar-refractivity contribution in [3.63, 3.8) is 0 Å². The third-order valence-corrected chi connectivity index (χ3v) is 7.79. The molecule has 0 saturated heterocycles. The number of rotatable bonds is 7. The summed E-state index contributed by atoms with van der Waals surface area (Å²) in [4.78, 5) is 30.5. The Bertz CT molecular complexity index is 1600. The number of aromatic nitrogens is 4. The fourth-order valence-corrected chi connectivity index (χ4v) is 5.73. The highest BCUT2D eigenvalue weighted by molar-refractivity contribution is 9.10. The molecule has 1 atom stereocenters. The van der Waals surface area contributed by atoms with E-state index in [0.717, 1.165) is 50.2 Å². The van der Waals surface area contributed by atoms with E-state index in [0.29, 0.717) is 23.2 Å². The lowest BCUT2D eigenvalue weighted by atomic mass is 10.1. The summed E-state index contributed by atoms with van der Waals surface area (Å²) in [6, 6.07) is 10.9. The van der Waals surface area contributed by atoms with Crippen LogP contribution in [0.1, 0.15) is 44.3 Å². The number of hydrogen-bond acceptors (Lipinski definition) is 6. The number of carbonyl (C=O) groups excluding carboxylic acids is 2. The van der Waals surface area contributed by atoms with Crippen LogP contribution in [0.25, 0.3) is 11.4 Å². The van der Waals surface area contributed by atoms with Crippen molar-refractivity contribution in [2.75, 3.05) is 6.26 Å². The maximum absolute atomic E-state index is 12.0. The van der Waals surface area contributed by atoms with Gasteiger partial charge in [0.1, 0.15) is 11.6 Å². The highest BCUT2D eigenvalue weighted by Gasteiger charge is 2.26. The number of halogens is 2. The van der Waals surface area contributed by atoms with Crippen LogP contribution in [0, 0.1) is 27.7 Å². The molecule has 1 unspecified atom stereocenters. The third kappa shape index (κ3) is 6.86. The van der Waals surface area contributed by atoms with Crippen LogP contribution in [0.15, 0.2) is 57.7 Å². The molecule has 0 fully saturated rings. The Morgan fingerprint density at radius 3 is 1.79 bits per heavy atom. The van der Waals surface area contributed by atoms with Gasteiger partial charge in [0, 0.05) is 38.7 Å². The number of carbonyl (C=O) groups is 2. The Balaban J connectivity index is 0.000000221. The van der Waals surface area contributed by atoms with Crippen molar-refractivity contribution in [3.05, 3.63) is 91.9 Å². The summed E-state index contributed by atoms with van der Waals surface area (Å²) in [7, 11) is -3.53. The summed E-state index contributed by atoms with van der Waals surface area (Å²) in [5.41, 5.74) is 4.41. The average Bonchev–Trinajstić information content (AvgIpc) is 3.35. The quantitative estimate of drug-likeness (QED) is 0.275. The first-order valence-corrected chi connectivity index (χ1v) is 14.9. The lowest BCUT2D eigenvalue weighted by Crippen LogP contribution is -2.28. The predicted octanol–water partition coefficient (Wildman–Crippen LogP) is 5.10. The number of aryl methyl sites for hydroxylation is 4. The zero-order valence-electron chi connectivity index (χ0n) is 21.4. The molecule has 1 N–H and O–H groups in total. The Labute approximate surface area is 238 Å². The standard InChI is InChI=1S/C14H16BrN3O3S.C12H11BrN2O/c1-9-7-18(10(2)17-9)13-5-4-11(15)6-12(13)14(16-8-19)22(3,20)21;1-8-6-15(9(2)14-8)12-4-3-11(13)5-10(12)7-16/h4-8,14H,1-3H3,(H,16,19);3-7H,1-2H3. The SMILES string of the molecule is Cc1cn(-c2ccc(Br)cc2C(NC=O)S(C)(=O)=O)c(C)n1.Cc1cn(-c2ccc(Br)cc2C=O)c(C)n1. The van der Waals surface area contributed by atoms with Crippen LogP contribution >= 0.6 is 31.9 Å². The minimum atomic E-state index is -3.53. The normalized spacial score (nSPS) is 11.9. The number of nitrogens with one attached hydrogen (secondary N) is 1. The van der Waals surface area contributed by atoms with E-state index < -0.39 is 15.2 Å². The number of benzene rings is 2. The van der Waals surface area contributed by atoms with Crippen molar-refractivity contribution >= 4 is 54.4 Å². The third-order valence-electron chi connectivity index (χ3n) is 5.56. The highest BCUT2D eigenvalue weighted by atomic mass is 79.9. The van der Waals surface area contributed by atoms with E-state index in [2.05, 4.69) is 47.1 Å². The van der Waals surface area contributed by atoms with Gasteiger partial charge in [-0.15, -0.1) is 0 Å². The second-order valence-corrected chi connectivity index (χ2v) is 12.6. The minimum Gasteiger partial charge on any atom is -0.338 e. The fraction of sp³-hybridized carbons (Fsp3) is 0.231. The van der Waals surface area contributed by atoms with E-state index in [1.54, 1.807) is 18.2 Å². The average molecular weight is 665 g/mol. The number of sulfone groups is 1. The molecule has 4 aromatic rings. The first-order chi connectivity index (χ1) is 17.8. The van der Waals surface area contributed by atoms with E-state index in [4.69, 9.17) is 0 Å². The maximum Gasteiger partial charge on any atom is 0.208 e. The summed E-state index contributed by atoms with van der Waals surface area (Å²) in [6.07, 6.45) is 6.08. The zero-order chi connectivity index (χ0) is 28.2. The van der Waals surface area contributed by atoms with Crippen LogP contribution in [0.3, 0.4) is 0 Å². The molecule has 12 heteroatoms. The van der Waals surface area contributed by atoms with Crippen LogP contribution in [-0.2, 0) is 14.6 Å². The molecule has 1 amide bonds. The molecule has 0 aliphatic rings. The Hall–Kier alpha value is -3.09. The lowest BCUT2D eigenvalue weighted by Gasteiger charge is -2.19. The minimum absolute atomic E-state index is 0.391. The van der Waals surface area contributed by atoms with E-state index in [-0.39, 0.29) is 0 Å². The van der Waals surface area contributed by atoms with Crippen molar-refractivity contribution in [3.8, 4) is 11.4 Å². The molecule has 0 bridgehead atoms. The van der Waals surface area contributed by atoms with Crippen LogP contribution in [-0.4, -0.2) is 46.5 Å². The molecule has 0 aliphatic heterocycles. The maximum atomic E-state index is 12.0. The van der Waals surface area contributed by atoms with Crippen molar-refractivity contribution < 1.29 is 18.0 Å². The van der Waals surface area contributed by atoms with E-state index in [9.17, 15) is 18.0 Å². The first-order valence-electron chi connectivity index (χ1n) is 11.3. The second-order valence-electron chi connectivity index (χ2n) is 8.62. The van der Waals surface area contributed by atoms with Gasteiger partial charge < -0.3 is 14.5 Å². The number of amides is 1. The monoisotopic (exact) mass is 663 g/mol. The van der Waals surface area contributed by atoms with Crippen molar-refractivity contribution in [1.82, 2.24) is 24.4 Å². The Kier molecular flexibility index (Phi) is 9.45. The summed E-state index contributed by atoms with van der Waals surface area (Å²) in [5.74, 6) is 1.61. The van der Waals surface area contributed by atoms with Crippen LogP contribution in [0.2, 0.25) is 0 Å². The smallest absolute Gasteiger partial charge is 0.208 e. The molecule has 2 aromatic heterocycles. The van der Waals surface area contributed by atoms with Gasteiger partial charge in [-0.3, -0.25) is 9.59 Å². The van der Waals surface area contributed by atoms with Crippen LogP contribution in [0.5, 0.6) is 0 Å². The number of nitrogens with zero attached hydrogens (tertiary/aromatic N) is 4. The highest BCUT2D eigenvalue weighted by Crippen LogP contribution is 2.29. The summed E-state index contributed by atoms with van der Waals surface area (Å²) >= 11 is 6.69. The van der Waals surface area contributed by atoms with Crippen molar-refractivity contribution in [2.24, 2.45) is 0 Å². The molecule has 38 heavy (non-hydrogen) atoms. The number of hydrogen-bond donors (Lipinski definition) is 1. The molecular formula is C26H27Br2N5O4S. The Morgan fingerprint density at radius 2 is 1.34 bits per heavy atom. The van der Waals surface area contributed by atoms with Crippen LogP contribution in [0.4, 0.5) is 0 Å². The van der Waals surface area contributed by atoms with Gasteiger partial charge in [-0.2, -0.15) is 0 Å². The number of aldehydes is 1. The first kappa shape index (κ1) is 29.5. The van der Waals surface area contributed by atoms with Crippen molar-refractivity contribution in [2.45, 2.75) is 33.1 Å². The molecule has 0 radical (unpaired) electrons. The summed E-state index contributed by atoms with van der Waals surface area (Å²) in [6.45, 7) is 7.55. The number of imidazole rings is 2. The van der Waals surface area contributed by atoms with Gasteiger partial charge in [-0.05, 0) is 64.1 Å². The molecular weight excluding hydrogens is 638 g/mol. The van der Waals surface area contributed by atoms with Gasteiger partial charge in [0.05, 0.1) is 22.8 Å². The molecule has 2 heterocycles. The van der Waals surface area contributed by atoms with Crippen molar-refractivity contribution in [1.29, 1.82) is 0 Å². The largest absolute Gasteiger partial charge is 0.338 e. The van der Waals surface area contributed by atoms with Gasteiger partial charge in [0.15, 0.2) is 21.5 Å². The molecule has 9 nitrogen and oxygen atoms in total. The van der Waals surface area contributed by atoms with Gasteiger partial charge >= 0.3 is 0 Å². The second kappa shape index (κ2) is 12.2. The Morgan fingerprint density at radius 1 is 0.842 bits per heavy atom. The molecule has 2 aromatic carbocycles.